The van der Waals surface area contributed by atoms with Crippen LogP contribution in [0.15, 0.2) is 24.3 Å². The molecular weight excluding hydrogens is 230 g/mol. The van der Waals surface area contributed by atoms with E-state index in [2.05, 4.69) is 10.8 Å². The Bertz CT molecular complexity index is 427. The summed E-state index contributed by atoms with van der Waals surface area (Å²) in [6.45, 7) is 2.46. The van der Waals surface area contributed by atoms with Crippen molar-refractivity contribution in [3.63, 3.8) is 0 Å². The van der Waals surface area contributed by atoms with Crippen molar-refractivity contribution >= 4 is 17.2 Å². The summed E-state index contributed by atoms with van der Waals surface area (Å²) in [5.41, 5.74) is 1.08. The van der Waals surface area contributed by atoms with E-state index in [1.54, 1.807) is 0 Å². The van der Waals surface area contributed by atoms with Crippen molar-refractivity contribution in [3.8, 4) is 18.1 Å². The number of thiocarbonyl (C=S) groups is 1. The molecule has 1 saturated heterocycles. The first kappa shape index (κ1) is 11.9. The molecule has 17 heavy (non-hydrogen) atoms. The number of benzene rings is 1. The highest BCUT2D eigenvalue weighted by molar-refractivity contribution is 7.80. The van der Waals surface area contributed by atoms with E-state index in [9.17, 15) is 0 Å². The maximum Gasteiger partial charge on any atom is 0.148 e. The van der Waals surface area contributed by atoms with Crippen LogP contribution in [0.4, 0.5) is 0 Å². The second-order valence-corrected chi connectivity index (χ2v) is 4.40. The zero-order valence-electron chi connectivity index (χ0n) is 9.69. The van der Waals surface area contributed by atoms with Crippen LogP contribution in [0, 0.1) is 12.3 Å². The molecule has 2 rings (SSSR count). The Morgan fingerprint density at radius 2 is 1.94 bits per heavy atom. The van der Waals surface area contributed by atoms with Crippen molar-refractivity contribution in [1.29, 1.82) is 0 Å². The average Bonchev–Trinajstić information content (AvgIpc) is 2.90. The number of terminal acetylenes is 1. The predicted molar refractivity (Wildman–Crippen MR) is 73.3 cm³/mol. The molecule has 0 amide bonds. The molecule has 0 N–H and O–H groups in total. The lowest BCUT2D eigenvalue weighted by molar-refractivity contribution is 0.370. The van der Waals surface area contributed by atoms with Gasteiger partial charge in [0, 0.05) is 18.7 Å². The van der Waals surface area contributed by atoms with E-state index in [-0.39, 0.29) is 0 Å². The summed E-state index contributed by atoms with van der Waals surface area (Å²) in [6, 6.07) is 7.81. The molecule has 88 valence electrons. The van der Waals surface area contributed by atoms with Gasteiger partial charge in [-0.05, 0) is 37.1 Å². The Hall–Kier alpha value is -1.53. The molecule has 0 atom stereocenters. The number of hydrogen-bond acceptors (Lipinski definition) is 2. The van der Waals surface area contributed by atoms with Crippen molar-refractivity contribution in [3.05, 3.63) is 29.8 Å². The molecule has 0 saturated carbocycles. The van der Waals surface area contributed by atoms with Crippen LogP contribution in [0.1, 0.15) is 18.4 Å². The third-order valence-electron chi connectivity index (χ3n) is 2.82. The van der Waals surface area contributed by atoms with Gasteiger partial charge in [-0.15, -0.1) is 6.42 Å². The summed E-state index contributed by atoms with van der Waals surface area (Å²) in [4.78, 5) is 3.19. The van der Waals surface area contributed by atoms with E-state index in [0.717, 1.165) is 29.4 Å². The number of likely N-dealkylation sites (tertiary alicyclic amines) is 1. The summed E-state index contributed by atoms with van der Waals surface area (Å²) in [5.74, 6) is 3.23. The SMILES string of the molecule is C#CCOc1ccc(C(=S)N2CCCC2)cc1. The maximum absolute atomic E-state index is 5.46. The molecule has 0 spiro atoms. The molecule has 1 fully saturated rings. The van der Waals surface area contributed by atoms with Crippen LogP contribution in [0.25, 0.3) is 0 Å². The molecule has 3 heteroatoms. The van der Waals surface area contributed by atoms with E-state index in [1.165, 1.54) is 12.8 Å². The molecule has 1 aromatic carbocycles. The molecule has 0 bridgehead atoms. The molecule has 1 aliphatic heterocycles. The van der Waals surface area contributed by atoms with Crippen molar-refractivity contribution in [2.45, 2.75) is 12.8 Å². The van der Waals surface area contributed by atoms with Gasteiger partial charge < -0.3 is 9.64 Å². The number of nitrogens with zero attached hydrogens (tertiary/aromatic N) is 1. The first-order chi connectivity index (χ1) is 8.31. The van der Waals surface area contributed by atoms with E-state index in [4.69, 9.17) is 23.4 Å². The van der Waals surface area contributed by atoms with Gasteiger partial charge in [0.1, 0.15) is 17.3 Å². The minimum absolute atomic E-state index is 0.302. The van der Waals surface area contributed by atoms with Gasteiger partial charge in [0.2, 0.25) is 0 Å². The van der Waals surface area contributed by atoms with Crippen molar-refractivity contribution < 1.29 is 4.74 Å². The molecule has 1 heterocycles. The van der Waals surface area contributed by atoms with E-state index >= 15 is 0 Å². The van der Waals surface area contributed by atoms with Crippen LogP contribution in [0.2, 0.25) is 0 Å². The fourth-order valence-corrected chi connectivity index (χ4v) is 2.24. The third kappa shape index (κ3) is 2.98. The van der Waals surface area contributed by atoms with Crippen LogP contribution >= 0.6 is 12.2 Å². The summed E-state index contributed by atoms with van der Waals surface area (Å²) in [6.07, 6.45) is 7.61. The zero-order valence-corrected chi connectivity index (χ0v) is 10.5. The highest BCUT2D eigenvalue weighted by atomic mass is 32.1. The molecule has 2 nitrogen and oxygen atoms in total. The maximum atomic E-state index is 5.46. The lowest BCUT2D eigenvalue weighted by atomic mass is 10.2. The number of rotatable bonds is 3. The predicted octanol–water partition coefficient (Wildman–Crippen LogP) is 2.47. The van der Waals surface area contributed by atoms with Crippen LogP contribution in [0.5, 0.6) is 5.75 Å². The van der Waals surface area contributed by atoms with Gasteiger partial charge in [-0.2, -0.15) is 0 Å². The van der Waals surface area contributed by atoms with Crippen LogP contribution in [-0.4, -0.2) is 29.6 Å². The lowest BCUT2D eigenvalue weighted by Crippen LogP contribution is -2.26. The number of hydrogen-bond donors (Lipinski definition) is 0. The monoisotopic (exact) mass is 245 g/mol. The summed E-state index contributed by atoms with van der Waals surface area (Å²) < 4.78 is 5.32. The molecule has 0 unspecified atom stereocenters. The zero-order chi connectivity index (χ0) is 12.1. The smallest absolute Gasteiger partial charge is 0.148 e. The second-order valence-electron chi connectivity index (χ2n) is 4.02. The minimum atomic E-state index is 0.302. The quantitative estimate of drug-likeness (QED) is 0.599. The van der Waals surface area contributed by atoms with E-state index in [0.29, 0.717) is 6.61 Å². The fourth-order valence-electron chi connectivity index (χ4n) is 1.92. The van der Waals surface area contributed by atoms with Crippen molar-refractivity contribution in [1.82, 2.24) is 4.90 Å². The third-order valence-corrected chi connectivity index (χ3v) is 3.31. The Morgan fingerprint density at radius 1 is 1.29 bits per heavy atom. The van der Waals surface area contributed by atoms with Gasteiger partial charge >= 0.3 is 0 Å². The first-order valence-corrected chi connectivity index (χ1v) is 6.17. The molecule has 0 aromatic heterocycles. The van der Waals surface area contributed by atoms with Crippen molar-refractivity contribution in [2.75, 3.05) is 19.7 Å². The van der Waals surface area contributed by atoms with Crippen LogP contribution in [0.3, 0.4) is 0 Å². The van der Waals surface area contributed by atoms with E-state index < -0.39 is 0 Å². The Morgan fingerprint density at radius 3 is 2.53 bits per heavy atom. The average molecular weight is 245 g/mol. The summed E-state index contributed by atoms with van der Waals surface area (Å²) >= 11 is 5.46. The topological polar surface area (TPSA) is 12.5 Å². The number of ether oxygens (including phenoxy) is 1. The highest BCUT2D eigenvalue weighted by Gasteiger charge is 2.15. The fraction of sp³-hybridized carbons (Fsp3) is 0.357. The second kappa shape index (κ2) is 5.70. The van der Waals surface area contributed by atoms with Gasteiger partial charge in [0.25, 0.3) is 0 Å². The van der Waals surface area contributed by atoms with Crippen LogP contribution < -0.4 is 4.74 Å². The molecule has 0 radical (unpaired) electrons. The molecule has 0 aliphatic carbocycles. The largest absolute Gasteiger partial charge is 0.481 e. The van der Waals surface area contributed by atoms with Gasteiger partial charge in [0.05, 0.1) is 0 Å². The molecular formula is C14H15NOS. The van der Waals surface area contributed by atoms with E-state index in [1.807, 2.05) is 24.3 Å². The highest BCUT2D eigenvalue weighted by Crippen LogP contribution is 2.17. The van der Waals surface area contributed by atoms with Gasteiger partial charge in [0.15, 0.2) is 0 Å². The molecule has 1 aromatic rings. The van der Waals surface area contributed by atoms with Crippen LogP contribution in [-0.2, 0) is 0 Å². The minimum Gasteiger partial charge on any atom is -0.481 e. The Balaban J connectivity index is 2.02. The van der Waals surface area contributed by atoms with Crippen molar-refractivity contribution in [2.24, 2.45) is 0 Å². The standard InChI is InChI=1S/C14H15NOS/c1-2-11-16-13-7-5-12(6-8-13)14(17)15-9-3-4-10-15/h1,5-8H,3-4,9-11H2. The lowest BCUT2D eigenvalue weighted by Gasteiger charge is -2.18. The normalized spacial score (nSPS) is 14.4. The van der Waals surface area contributed by atoms with Gasteiger partial charge in [-0.3, -0.25) is 0 Å². The first-order valence-electron chi connectivity index (χ1n) is 5.77. The Labute approximate surface area is 108 Å². The Kier molecular flexibility index (Phi) is 4.00. The summed E-state index contributed by atoms with van der Waals surface area (Å²) in [7, 11) is 0. The molecule has 1 aliphatic rings. The summed E-state index contributed by atoms with van der Waals surface area (Å²) in [5, 5.41) is 0. The van der Waals surface area contributed by atoms with Gasteiger partial charge in [-0.1, -0.05) is 18.1 Å². The van der Waals surface area contributed by atoms with Gasteiger partial charge in [-0.25, -0.2) is 0 Å².